The van der Waals surface area contributed by atoms with E-state index in [1.807, 2.05) is 18.2 Å². The molecule has 1 aliphatic heterocycles. The fourth-order valence-corrected chi connectivity index (χ4v) is 2.87. The molecule has 1 saturated heterocycles. The number of H-pyrrole nitrogens is 1. The van der Waals surface area contributed by atoms with Crippen molar-refractivity contribution in [3.05, 3.63) is 42.1 Å². The van der Waals surface area contributed by atoms with Gasteiger partial charge in [-0.05, 0) is 18.9 Å². The van der Waals surface area contributed by atoms with Crippen molar-refractivity contribution in [1.82, 2.24) is 15.5 Å². The van der Waals surface area contributed by atoms with E-state index in [-0.39, 0.29) is 12.0 Å². The highest BCUT2D eigenvalue weighted by molar-refractivity contribution is 5.58. The molecule has 1 aliphatic rings. The summed E-state index contributed by atoms with van der Waals surface area (Å²) in [5, 5.41) is 20.5. The van der Waals surface area contributed by atoms with E-state index >= 15 is 0 Å². The second kappa shape index (κ2) is 7.05. The molecule has 22 heavy (non-hydrogen) atoms. The molecule has 0 radical (unpaired) electrons. The maximum Gasteiger partial charge on any atom is 0.0924 e. The predicted molar refractivity (Wildman–Crippen MR) is 85.3 cm³/mol. The van der Waals surface area contributed by atoms with Gasteiger partial charge in [0, 0.05) is 43.0 Å². The molecule has 0 unspecified atom stereocenters. The maximum atomic E-state index is 9.68. The van der Waals surface area contributed by atoms with E-state index in [9.17, 15) is 5.11 Å². The van der Waals surface area contributed by atoms with Crippen molar-refractivity contribution in [2.45, 2.75) is 19.4 Å². The van der Waals surface area contributed by atoms with Crippen LogP contribution in [-0.2, 0) is 11.3 Å². The number of hydrogen-bond acceptors (Lipinski definition) is 4. The van der Waals surface area contributed by atoms with Crippen molar-refractivity contribution >= 4 is 0 Å². The second-order valence-electron chi connectivity index (χ2n) is 6.02. The average molecular weight is 301 g/mol. The standard InChI is InChI=1S/C17H23N3O2/c21-13-17(6-8-22-9-7-17)12-18-11-15-10-16(20-19-15)14-4-2-1-3-5-14/h1-5,10,18,21H,6-9,11-13H2,(H,19,20). The molecule has 2 aromatic rings. The Hall–Kier alpha value is -1.69. The summed E-state index contributed by atoms with van der Waals surface area (Å²) < 4.78 is 5.39. The van der Waals surface area contributed by atoms with Crippen LogP contribution in [0.2, 0.25) is 0 Å². The van der Waals surface area contributed by atoms with Gasteiger partial charge in [-0.2, -0.15) is 5.10 Å². The molecule has 0 bridgehead atoms. The number of rotatable bonds is 6. The molecular formula is C17H23N3O2. The van der Waals surface area contributed by atoms with Crippen LogP contribution >= 0.6 is 0 Å². The van der Waals surface area contributed by atoms with E-state index in [4.69, 9.17) is 4.74 Å². The quantitative estimate of drug-likeness (QED) is 0.763. The Morgan fingerprint density at radius 3 is 2.73 bits per heavy atom. The lowest BCUT2D eigenvalue weighted by Gasteiger charge is -2.35. The van der Waals surface area contributed by atoms with E-state index in [1.54, 1.807) is 0 Å². The highest BCUT2D eigenvalue weighted by Crippen LogP contribution is 2.29. The third-order valence-corrected chi connectivity index (χ3v) is 4.40. The maximum absolute atomic E-state index is 9.68. The Balaban J connectivity index is 1.55. The Morgan fingerprint density at radius 1 is 1.23 bits per heavy atom. The van der Waals surface area contributed by atoms with Crippen molar-refractivity contribution in [3.8, 4) is 11.3 Å². The van der Waals surface area contributed by atoms with Crippen LogP contribution in [0.5, 0.6) is 0 Å². The number of aliphatic hydroxyl groups is 1. The first-order valence-corrected chi connectivity index (χ1v) is 7.80. The minimum atomic E-state index is -0.0411. The minimum Gasteiger partial charge on any atom is -0.396 e. The summed E-state index contributed by atoms with van der Waals surface area (Å²) in [6.07, 6.45) is 1.82. The summed E-state index contributed by atoms with van der Waals surface area (Å²) in [4.78, 5) is 0. The van der Waals surface area contributed by atoms with Gasteiger partial charge in [-0.15, -0.1) is 0 Å². The Morgan fingerprint density at radius 2 is 2.00 bits per heavy atom. The van der Waals surface area contributed by atoms with Crippen LogP contribution in [0.25, 0.3) is 11.3 Å². The fourth-order valence-electron chi connectivity index (χ4n) is 2.87. The number of benzene rings is 1. The molecule has 5 nitrogen and oxygen atoms in total. The van der Waals surface area contributed by atoms with Crippen molar-refractivity contribution in [3.63, 3.8) is 0 Å². The smallest absolute Gasteiger partial charge is 0.0924 e. The van der Waals surface area contributed by atoms with Crippen molar-refractivity contribution in [1.29, 1.82) is 0 Å². The van der Waals surface area contributed by atoms with Gasteiger partial charge in [0.1, 0.15) is 0 Å². The zero-order valence-corrected chi connectivity index (χ0v) is 12.7. The number of ether oxygens (including phenoxy) is 1. The molecule has 3 rings (SSSR count). The zero-order chi connectivity index (χ0) is 15.3. The lowest BCUT2D eigenvalue weighted by molar-refractivity contribution is -0.0154. The molecule has 0 aliphatic carbocycles. The van der Waals surface area contributed by atoms with Crippen LogP contribution in [0.1, 0.15) is 18.5 Å². The van der Waals surface area contributed by atoms with Gasteiger partial charge in [0.2, 0.25) is 0 Å². The van der Waals surface area contributed by atoms with E-state index < -0.39 is 0 Å². The number of nitrogens with zero attached hydrogens (tertiary/aromatic N) is 1. The Labute approximate surface area is 130 Å². The molecule has 2 heterocycles. The van der Waals surface area contributed by atoms with Crippen LogP contribution in [0.15, 0.2) is 36.4 Å². The number of hydrogen-bond donors (Lipinski definition) is 3. The number of aliphatic hydroxyl groups excluding tert-OH is 1. The average Bonchev–Trinajstić information content (AvgIpc) is 3.05. The molecule has 0 atom stereocenters. The second-order valence-corrected chi connectivity index (χ2v) is 6.02. The SMILES string of the molecule is OCC1(CNCc2cc(-c3ccccc3)n[nH]2)CCOCC1. The van der Waals surface area contributed by atoms with Crippen LogP contribution in [0.3, 0.4) is 0 Å². The molecule has 0 amide bonds. The largest absolute Gasteiger partial charge is 0.396 e. The summed E-state index contributed by atoms with van der Waals surface area (Å²) in [7, 11) is 0. The monoisotopic (exact) mass is 301 g/mol. The van der Waals surface area contributed by atoms with Gasteiger partial charge in [0.15, 0.2) is 0 Å². The first-order chi connectivity index (χ1) is 10.8. The van der Waals surface area contributed by atoms with Crippen LogP contribution in [0, 0.1) is 5.41 Å². The van der Waals surface area contributed by atoms with E-state index in [1.165, 1.54) is 0 Å². The number of nitrogens with one attached hydrogen (secondary N) is 2. The van der Waals surface area contributed by atoms with E-state index in [0.29, 0.717) is 0 Å². The highest BCUT2D eigenvalue weighted by atomic mass is 16.5. The molecule has 3 N–H and O–H groups in total. The summed E-state index contributed by atoms with van der Waals surface area (Å²) in [6, 6.07) is 12.2. The lowest BCUT2D eigenvalue weighted by atomic mass is 9.81. The van der Waals surface area contributed by atoms with Gasteiger partial charge >= 0.3 is 0 Å². The normalized spacial score (nSPS) is 17.5. The summed E-state index contributed by atoms with van der Waals surface area (Å²) in [5.41, 5.74) is 3.08. The van der Waals surface area contributed by atoms with Crippen LogP contribution in [-0.4, -0.2) is 41.7 Å². The van der Waals surface area contributed by atoms with Crippen molar-refractivity contribution in [2.24, 2.45) is 5.41 Å². The van der Waals surface area contributed by atoms with Crippen molar-refractivity contribution < 1.29 is 9.84 Å². The zero-order valence-electron chi connectivity index (χ0n) is 12.7. The van der Waals surface area contributed by atoms with Crippen LogP contribution < -0.4 is 5.32 Å². The van der Waals surface area contributed by atoms with E-state index in [0.717, 1.165) is 56.1 Å². The molecular weight excluding hydrogens is 278 g/mol. The third-order valence-electron chi connectivity index (χ3n) is 4.40. The molecule has 1 aromatic carbocycles. The molecule has 0 spiro atoms. The minimum absolute atomic E-state index is 0.0411. The van der Waals surface area contributed by atoms with Gasteiger partial charge in [0.25, 0.3) is 0 Å². The van der Waals surface area contributed by atoms with Gasteiger partial charge in [0.05, 0.1) is 12.3 Å². The van der Waals surface area contributed by atoms with Gasteiger partial charge in [-0.3, -0.25) is 5.10 Å². The fraction of sp³-hybridized carbons (Fsp3) is 0.471. The number of aromatic amines is 1. The van der Waals surface area contributed by atoms with Crippen LogP contribution in [0.4, 0.5) is 0 Å². The number of aromatic nitrogens is 2. The lowest BCUT2D eigenvalue weighted by Crippen LogP contribution is -2.41. The summed E-state index contributed by atoms with van der Waals surface area (Å²) in [6.45, 7) is 3.21. The molecule has 1 aromatic heterocycles. The third kappa shape index (κ3) is 3.55. The van der Waals surface area contributed by atoms with Gasteiger partial charge in [-0.25, -0.2) is 0 Å². The first-order valence-electron chi connectivity index (χ1n) is 7.80. The van der Waals surface area contributed by atoms with Gasteiger partial charge in [-0.1, -0.05) is 30.3 Å². The highest BCUT2D eigenvalue weighted by Gasteiger charge is 2.31. The first kappa shape index (κ1) is 15.2. The van der Waals surface area contributed by atoms with Crippen molar-refractivity contribution in [2.75, 3.05) is 26.4 Å². The molecule has 118 valence electrons. The van der Waals surface area contributed by atoms with E-state index in [2.05, 4.69) is 33.7 Å². The Kier molecular flexibility index (Phi) is 4.87. The summed E-state index contributed by atoms with van der Waals surface area (Å²) >= 11 is 0. The molecule has 5 heteroatoms. The Bertz CT molecular complexity index is 577. The summed E-state index contributed by atoms with van der Waals surface area (Å²) in [5.74, 6) is 0. The molecule has 1 fully saturated rings. The predicted octanol–water partition coefficient (Wildman–Crippen LogP) is 1.96. The molecule has 0 saturated carbocycles. The van der Waals surface area contributed by atoms with Gasteiger partial charge < -0.3 is 15.2 Å². The topological polar surface area (TPSA) is 70.2 Å².